The van der Waals surface area contributed by atoms with Crippen LogP contribution in [0.15, 0.2) is 24.8 Å². The second-order valence-electron chi connectivity index (χ2n) is 3.11. The summed E-state index contributed by atoms with van der Waals surface area (Å²) in [6.07, 6.45) is 1.70. The van der Waals surface area contributed by atoms with Crippen LogP contribution in [0.5, 0.6) is 0 Å². The van der Waals surface area contributed by atoms with Crippen LogP contribution in [0.25, 0.3) is 6.08 Å². The Kier molecular flexibility index (Phi) is 4.54. The number of benzene rings is 1. The largest absolute Gasteiger partial charge is 0.462 e. The Morgan fingerprint density at radius 2 is 2.38 bits per heavy atom. The Morgan fingerprint density at radius 3 is 2.94 bits per heavy atom. The summed E-state index contributed by atoms with van der Waals surface area (Å²) >= 11 is 0. The average Bonchev–Trinajstić information content (AvgIpc) is 2.29. The number of nitrogens with one attached hydrogen (secondary N) is 1. The molecule has 0 bridgehead atoms. The first kappa shape index (κ1) is 12.3. The van der Waals surface area contributed by atoms with Gasteiger partial charge >= 0.3 is 5.97 Å². The lowest BCUT2D eigenvalue weighted by atomic mass is 10.1. The van der Waals surface area contributed by atoms with E-state index in [9.17, 15) is 4.79 Å². The van der Waals surface area contributed by atoms with Crippen LogP contribution < -0.4 is 11.1 Å². The molecule has 86 valence electrons. The minimum atomic E-state index is -0.353. The molecular weight excluding hydrogens is 204 g/mol. The third kappa shape index (κ3) is 2.84. The van der Waals surface area contributed by atoms with Gasteiger partial charge in [-0.2, -0.15) is 0 Å². The molecule has 0 atom stereocenters. The van der Waals surface area contributed by atoms with Gasteiger partial charge in [-0.25, -0.2) is 4.79 Å². The van der Waals surface area contributed by atoms with Crippen LogP contribution in [0, 0.1) is 0 Å². The summed E-state index contributed by atoms with van der Waals surface area (Å²) in [4.78, 5) is 11.6. The molecule has 0 aromatic heterocycles. The van der Waals surface area contributed by atoms with Crippen LogP contribution in [0.1, 0.15) is 22.8 Å². The van der Waals surface area contributed by atoms with Gasteiger partial charge in [0, 0.05) is 0 Å². The second kappa shape index (κ2) is 5.92. The summed E-state index contributed by atoms with van der Waals surface area (Å²) in [7, 11) is 0. The molecule has 0 spiro atoms. The van der Waals surface area contributed by atoms with Crippen LogP contribution in [0.2, 0.25) is 0 Å². The van der Waals surface area contributed by atoms with Crippen molar-refractivity contribution in [3.8, 4) is 0 Å². The highest BCUT2D eigenvalue weighted by molar-refractivity contribution is 5.96. The van der Waals surface area contributed by atoms with Gasteiger partial charge in [-0.05, 0) is 24.6 Å². The van der Waals surface area contributed by atoms with E-state index in [-0.39, 0.29) is 12.6 Å². The van der Waals surface area contributed by atoms with Gasteiger partial charge in [-0.15, -0.1) is 0 Å². The Balaban J connectivity index is 3.06. The standard InChI is InChI=1S/C12H16N2O2/c1-3-9-5-6-10(12(15)16-4-2)11(7-9)14-8-13/h3,5-7,14H,1,4,8,13H2,2H3. The third-order valence-electron chi connectivity index (χ3n) is 2.07. The average molecular weight is 220 g/mol. The molecule has 1 aromatic carbocycles. The Labute approximate surface area is 95.1 Å². The van der Waals surface area contributed by atoms with Gasteiger partial charge < -0.3 is 15.8 Å². The zero-order valence-electron chi connectivity index (χ0n) is 9.32. The predicted molar refractivity (Wildman–Crippen MR) is 65.2 cm³/mol. The molecule has 0 saturated carbocycles. The molecule has 4 heteroatoms. The van der Waals surface area contributed by atoms with Gasteiger partial charge in [-0.1, -0.05) is 18.7 Å². The molecule has 3 N–H and O–H groups in total. The summed E-state index contributed by atoms with van der Waals surface area (Å²) in [6.45, 7) is 6.05. The number of hydrogen-bond donors (Lipinski definition) is 2. The lowest BCUT2D eigenvalue weighted by Crippen LogP contribution is -2.15. The summed E-state index contributed by atoms with van der Waals surface area (Å²) in [5, 5.41) is 2.92. The van der Waals surface area contributed by atoms with Crippen molar-refractivity contribution in [2.24, 2.45) is 5.73 Å². The van der Waals surface area contributed by atoms with Crippen LogP contribution in [0.3, 0.4) is 0 Å². The fourth-order valence-electron chi connectivity index (χ4n) is 1.33. The first-order chi connectivity index (χ1) is 7.72. The summed E-state index contributed by atoms with van der Waals surface area (Å²) in [5.41, 5.74) is 7.48. The van der Waals surface area contributed by atoms with E-state index in [1.807, 2.05) is 6.07 Å². The molecule has 0 aliphatic rings. The Morgan fingerprint density at radius 1 is 1.62 bits per heavy atom. The molecule has 0 unspecified atom stereocenters. The van der Waals surface area contributed by atoms with E-state index < -0.39 is 0 Å². The summed E-state index contributed by atoms with van der Waals surface area (Å²) in [6, 6.07) is 5.32. The number of esters is 1. The lowest BCUT2D eigenvalue weighted by molar-refractivity contribution is 0.0527. The number of hydrogen-bond acceptors (Lipinski definition) is 4. The topological polar surface area (TPSA) is 64.3 Å². The monoisotopic (exact) mass is 220 g/mol. The number of rotatable bonds is 5. The molecule has 0 radical (unpaired) electrons. The highest BCUT2D eigenvalue weighted by Gasteiger charge is 2.11. The number of carbonyl (C=O) groups excluding carboxylic acids is 1. The second-order valence-corrected chi connectivity index (χ2v) is 3.11. The van der Waals surface area contributed by atoms with Crippen molar-refractivity contribution >= 4 is 17.7 Å². The van der Waals surface area contributed by atoms with Crippen LogP contribution >= 0.6 is 0 Å². The number of ether oxygens (including phenoxy) is 1. The first-order valence-corrected chi connectivity index (χ1v) is 5.10. The molecular formula is C12H16N2O2. The van der Waals surface area contributed by atoms with Gasteiger partial charge in [0.05, 0.1) is 24.5 Å². The maximum Gasteiger partial charge on any atom is 0.340 e. The summed E-state index contributed by atoms with van der Waals surface area (Å²) in [5.74, 6) is -0.353. The smallest absolute Gasteiger partial charge is 0.340 e. The Bertz CT molecular complexity index is 389. The summed E-state index contributed by atoms with van der Waals surface area (Å²) < 4.78 is 4.94. The van der Waals surface area contributed by atoms with E-state index in [0.717, 1.165) is 5.56 Å². The van der Waals surface area contributed by atoms with Gasteiger partial charge in [0.2, 0.25) is 0 Å². The minimum Gasteiger partial charge on any atom is -0.462 e. The molecule has 0 aliphatic carbocycles. The highest BCUT2D eigenvalue weighted by Crippen LogP contribution is 2.19. The molecule has 0 saturated heterocycles. The van der Waals surface area contributed by atoms with Gasteiger partial charge in [0.15, 0.2) is 0 Å². The zero-order valence-corrected chi connectivity index (χ0v) is 9.32. The highest BCUT2D eigenvalue weighted by atomic mass is 16.5. The van der Waals surface area contributed by atoms with Gasteiger partial charge in [-0.3, -0.25) is 0 Å². The molecule has 0 heterocycles. The van der Waals surface area contributed by atoms with Crippen molar-refractivity contribution in [1.29, 1.82) is 0 Å². The molecule has 0 fully saturated rings. The third-order valence-corrected chi connectivity index (χ3v) is 2.07. The van der Waals surface area contributed by atoms with Crippen molar-refractivity contribution < 1.29 is 9.53 Å². The van der Waals surface area contributed by atoms with E-state index in [1.165, 1.54) is 0 Å². The predicted octanol–water partition coefficient (Wildman–Crippen LogP) is 1.83. The maximum atomic E-state index is 11.6. The number of anilines is 1. The Hall–Kier alpha value is -1.81. The molecule has 4 nitrogen and oxygen atoms in total. The molecule has 1 aromatic rings. The van der Waals surface area contributed by atoms with Gasteiger partial charge in [0.1, 0.15) is 0 Å². The number of carbonyl (C=O) groups is 1. The van der Waals surface area contributed by atoms with Crippen LogP contribution in [0.4, 0.5) is 5.69 Å². The normalized spacial score (nSPS) is 9.62. The van der Waals surface area contributed by atoms with Crippen molar-refractivity contribution in [2.45, 2.75) is 6.92 Å². The fraction of sp³-hybridized carbons (Fsp3) is 0.250. The van der Waals surface area contributed by atoms with E-state index >= 15 is 0 Å². The fourth-order valence-corrected chi connectivity index (χ4v) is 1.33. The SMILES string of the molecule is C=Cc1ccc(C(=O)OCC)c(NCN)c1. The van der Waals surface area contributed by atoms with E-state index in [0.29, 0.717) is 17.9 Å². The number of nitrogens with two attached hydrogens (primary N) is 1. The molecule has 0 amide bonds. The van der Waals surface area contributed by atoms with Gasteiger partial charge in [0.25, 0.3) is 0 Å². The van der Waals surface area contributed by atoms with Crippen LogP contribution in [-0.2, 0) is 4.74 Å². The molecule has 16 heavy (non-hydrogen) atoms. The van der Waals surface area contributed by atoms with Crippen molar-refractivity contribution in [2.75, 3.05) is 18.6 Å². The van der Waals surface area contributed by atoms with Crippen molar-refractivity contribution in [3.63, 3.8) is 0 Å². The van der Waals surface area contributed by atoms with Crippen LogP contribution in [-0.4, -0.2) is 19.2 Å². The minimum absolute atomic E-state index is 0.257. The van der Waals surface area contributed by atoms with Crippen molar-refractivity contribution in [1.82, 2.24) is 0 Å². The molecule has 0 aliphatic heterocycles. The quantitative estimate of drug-likeness (QED) is 0.587. The van der Waals surface area contributed by atoms with E-state index in [4.69, 9.17) is 10.5 Å². The van der Waals surface area contributed by atoms with E-state index in [2.05, 4.69) is 11.9 Å². The first-order valence-electron chi connectivity index (χ1n) is 5.10. The zero-order chi connectivity index (χ0) is 12.0. The molecule has 1 rings (SSSR count). The van der Waals surface area contributed by atoms with Crippen molar-refractivity contribution in [3.05, 3.63) is 35.9 Å². The maximum absolute atomic E-state index is 11.6. The lowest BCUT2D eigenvalue weighted by Gasteiger charge is -2.10. The van der Waals surface area contributed by atoms with E-state index in [1.54, 1.807) is 25.1 Å².